The number of hydrogen-bond acceptors (Lipinski definition) is 2. The van der Waals surface area contributed by atoms with Crippen LogP contribution in [0.3, 0.4) is 0 Å². The molecule has 1 N–H and O–H groups in total. The average molecular weight is 224 g/mol. The molecule has 0 saturated carbocycles. The lowest BCUT2D eigenvalue weighted by Gasteiger charge is -2.30. The molecule has 0 aromatic carbocycles. The third-order valence-corrected chi connectivity index (χ3v) is 4.54. The fourth-order valence-corrected chi connectivity index (χ4v) is 3.30. The fraction of sp³-hybridized carbons (Fsp3) is 1.00. The molecule has 2 unspecified atom stereocenters. The molecular formula is C14H28N2. The van der Waals surface area contributed by atoms with Crippen molar-refractivity contribution in [3.8, 4) is 0 Å². The summed E-state index contributed by atoms with van der Waals surface area (Å²) < 4.78 is 0. The molecule has 0 aromatic heterocycles. The van der Waals surface area contributed by atoms with Crippen molar-refractivity contribution in [2.45, 2.75) is 52.5 Å². The van der Waals surface area contributed by atoms with E-state index >= 15 is 0 Å². The summed E-state index contributed by atoms with van der Waals surface area (Å²) in [6, 6.07) is 0.832. The maximum Gasteiger partial charge on any atom is 0.0232 e. The van der Waals surface area contributed by atoms with E-state index in [1.807, 2.05) is 0 Å². The normalized spacial score (nSPS) is 33.9. The summed E-state index contributed by atoms with van der Waals surface area (Å²) in [5.41, 5.74) is 0.504. The lowest BCUT2D eigenvalue weighted by Crippen LogP contribution is -2.37. The van der Waals surface area contributed by atoms with Crippen molar-refractivity contribution < 1.29 is 0 Å². The predicted molar refractivity (Wildman–Crippen MR) is 69.6 cm³/mol. The highest BCUT2D eigenvalue weighted by Crippen LogP contribution is 2.34. The summed E-state index contributed by atoms with van der Waals surface area (Å²) in [4.78, 5) is 2.74. The van der Waals surface area contributed by atoms with Crippen molar-refractivity contribution in [2.75, 3.05) is 26.2 Å². The maximum absolute atomic E-state index is 3.49. The summed E-state index contributed by atoms with van der Waals surface area (Å²) in [5.74, 6) is 0.923. The molecule has 2 nitrogen and oxygen atoms in total. The number of nitrogens with zero attached hydrogens (tertiary/aromatic N) is 1. The lowest BCUT2D eigenvalue weighted by molar-refractivity contribution is 0.188. The van der Waals surface area contributed by atoms with Crippen LogP contribution in [0.4, 0.5) is 0 Å². The second-order valence-corrected chi connectivity index (χ2v) is 6.68. The molecular weight excluding hydrogens is 196 g/mol. The van der Waals surface area contributed by atoms with E-state index in [1.165, 1.54) is 51.9 Å². The molecule has 2 saturated heterocycles. The van der Waals surface area contributed by atoms with Gasteiger partial charge in [0.2, 0.25) is 0 Å². The van der Waals surface area contributed by atoms with E-state index in [1.54, 1.807) is 0 Å². The lowest BCUT2D eigenvalue weighted by atomic mass is 9.77. The number of hydrogen-bond donors (Lipinski definition) is 1. The Morgan fingerprint density at radius 3 is 2.50 bits per heavy atom. The minimum Gasteiger partial charge on any atom is -0.315 e. The Labute approximate surface area is 101 Å². The first-order valence-electron chi connectivity index (χ1n) is 7.02. The quantitative estimate of drug-likeness (QED) is 0.736. The van der Waals surface area contributed by atoms with Gasteiger partial charge in [0.15, 0.2) is 0 Å². The van der Waals surface area contributed by atoms with Gasteiger partial charge in [-0.1, -0.05) is 20.8 Å². The van der Waals surface area contributed by atoms with Gasteiger partial charge in [-0.25, -0.2) is 0 Å². The molecule has 0 aromatic rings. The molecule has 16 heavy (non-hydrogen) atoms. The van der Waals surface area contributed by atoms with Gasteiger partial charge in [0.25, 0.3) is 0 Å². The van der Waals surface area contributed by atoms with Crippen LogP contribution in [0.2, 0.25) is 0 Å². The summed E-state index contributed by atoms with van der Waals surface area (Å²) in [7, 11) is 0. The minimum absolute atomic E-state index is 0.504. The van der Waals surface area contributed by atoms with Crippen molar-refractivity contribution in [3.63, 3.8) is 0 Å². The molecule has 2 rings (SSSR count). The van der Waals surface area contributed by atoms with Gasteiger partial charge in [0, 0.05) is 12.6 Å². The number of likely N-dealkylation sites (tertiary alicyclic amines) is 1. The van der Waals surface area contributed by atoms with Gasteiger partial charge in [0.1, 0.15) is 0 Å². The van der Waals surface area contributed by atoms with Crippen molar-refractivity contribution in [1.29, 1.82) is 0 Å². The van der Waals surface area contributed by atoms with Crippen LogP contribution >= 0.6 is 0 Å². The molecule has 2 heteroatoms. The highest BCUT2D eigenvalue weighted by Gasteiger charge is 2.29. The zero-order valence-electron chi connectivity index (χ0n) is 11.3. The summed E-state index contributed by atoms with van der Waals surface area (Å²) in [6.45, 7) is 12.3. The molecule has 2 fully saturated rings. The van der Waals surface area contributed by atoms with Crippen molar-refractivity contribution in [3.05, 3.63) is 0 Å². The van der Waals surface area contributed by atoms with Crippen LogP contribution in [0.1, 0.15) is 46.5 Å². The number of nitrogens with one attached hydrogen (secondary N) is 1. The van der Waals surface area contributed by atoms with Crippen LogP contribution in [0, 0.1) is 11.3 Å². The molecule has 0 amide bonds. The van der Waals surface area contributed by atoms with Gasteiger partial charge in [-0.05, 0) is 56.7 Å². The first-order valence-corrected chi connectivity index (χ1v) is 7.02. The van der Waals surface area contributed by atoms with Gasteiger partial charge in [-0.3, -0.25) is 4.90 Å². The van der Waals surface area contributed by atoms with Crippen molar-refractivity contribution in [2.24, 2.45) is 11.3 Å². The predicted octanol–water partition coefficient (Wildman–Crippen LogP) is 2.50. The summed E-state index contributed by atoms with van der Waals surface area (Å²) >= 11 is 0. The minimum atomic E-state index is 0.504. The first-order chi connectivity index (χ1) is 7.57. The van der Waals surface area contributed by atoms with E-state index in [0.29, 0.717) is 5.41 Å². The Morgan fingerprint density at radius 1 is 1.06 bits per heavy atom. The summed E-state index contributed by atoms with van der Waals surface area (Å²) in [6.07, 6.45) is 5.60. The molecule has 0 spiro atoms. The van der Waals surface area contributed by atoms with E-state index in [0.717, 1.165) is 12.0 Å². The molecule has 0 bridgehead atoms. The average Bonchev–Trinajstić information content (AvgIpc) is 2.60. The molecule has 2 heterocycles. The monoisotopic (exact) mass is 224 g/mol. The number of rotatable bonds is 1. The van der Waals surface area contributed by atoms with E-state index < -0.39 is 0 Å². The molecule has 2 aliphatic heterocycles. The van der Waals surface area contributed by atoms with Crippen LogP contribution in [-0.4, -0.2) is 37.1 Å². The van der Waals surface area contributed by atoms with Crippen LogP contribution in [0.25, 0.3) is 0 Å². The molecule has 2 aliphatic rings. The standard InChI is InChI=1S/C14H28N2/c1-14(2,3)12-5-4-9-16(10-7-12)13-6-8-15-11-13/h12-13,15H,4-11H2,1-3H3. The van der Waals surface area contributed by atoms with Crippen LogP contribution in [0.5, 0.6) is 0 Å². The SMILES string of the molecule is CC(C)(C)C1CCCN(C2CCNC2)CC1. The second-order valence-electron chi connectivity index (χ2n) is 6.68. The highest BCUT2D eigenvalue weighted by atomic mass is 15.2. The Hall–Kier alpha value is -0.0800. The van der Waals surface area contributed by atoms with Gasteiger partial charge in [-0.2, -0.15) is 0 Å². The first kappa shape index (κ1) is 12.4. The van der Waals surface area contributed by atoms with E-state index in [2.05, 4.69) is 31.0 Å². The van der Waals surface area contributed by atoms with Crippen molar-refractivity contribution in [1.82, 2.24) is 10.2 Å². The molecule has 0 radical (unpaired) electrons. The van der Waals surface area contributed by atoms with Gasteiger partial charge < -0.3 is 5.32 Å². The zero-order chi connectivity index (χ0) is 11.6. The van der Waals surface area contributed by atoms with Crippen molar-refractivity contribution >= 4 is 0 Å². The Bertz CT molecular complexity index is 213. The second kappa shape index (κ2) is 5.05. The smallest absolute Gasteiger partial charge is 0.0232 e. The van der Waals surface area contributed by atoms with E-state index in [9.17, 15) is 0 Å². The van der Waals surface area contributed by atoms with E-state index in [-0.39, 0.29) is 0 Å². The van der Waals surface area contributed by atoms with Gasteiger partial charge in [0.05, 0.1) is 0 Å². The fourth-order valence-electron chi connectivity index (χ4n) is 3.30. The van der Waals surface area contributed by atoms with Crippen LogP contribution < -0.4 is 5.32 Å². The van der Waals surface area contributed by atoms with Crippen LogP contribution in [-0.2, 0) is 0 Å². The van der Waals surface area contributed by atoms with E-state index in [4.69, 9.17) is 0 Å². The third-order valence-electron chi connectivity index (χ3n) is 4.54. The Morgan fingerprint density at radius 2 is 1.88 bits per heavy atom. The third kappa shape index (κ3) is 2.98. The van der Waals surface area contributed by atoms with Crippen LogP contribution in [0.15, 0.2) is 0 Å². The molecule has 0 aliphatic carbocycles. The van der Waals surface area contributed by atoms with Gasteiger partial charge >= 0.3 is 0 Å². The summed E-state index contributed by atoms with van der Waals surface area (Å²) in [5, 5.41) is 3.49. The maximum atomic E-state index is 3.49. The van der Waals surface area contributed by atoms with Gasteiger partial charge in [-0.15, -0.1) is 0 Å². The highest BCUT2D eigenvalue weighted by molar-refractivity contribution is 4.85. The zero-order valence-corrected chi connectivity index (χ0v) is 11.3. The topological polar surface area (TPSA) is 15.3 Å². The molecule has 94 valence electrons. The Balaban J connectivity index is 1.87. The molecule has 2 atom stereocenters. The largest absolute Gasteiger partial charge is 0.315 e. The Kier molecular flexibility index (Phi) is 3.91.